The average Bonchev–Trinajstić information content (AvgIpc) is 2.60. The van der Waals surface area contributed by atoms with Crippen molar-refractivity contribution in [1.29, 1.82) is 0 Å². The third-order valence-corrected chi connectivity index (χ3v) is 3.98. The molecule has 0 spiro atoms. The van der Waals surface area contributed by atoms with Gasteiger partial charge in [-0.2, -0.15) is 0 Å². The lowest BCUT2D eigenvalue weighted by atomic mass is 10.0. The molecular formula is C19H18N2O3. The van der Waals surface area contributed by atoms with Gasteiger partial charge in [-0.15, -0.1) is 0 Å². The Labute approximate surface area is 139 Å². The lowest BCUT2D eigenvalue weighted by molar-refractivity contribution is 0.0594. The van der Waals surface area contributed by atoms with Crippen LogP contribution in [0, 0.1) is 0 Å². The molecule has 3 aromatic rings. The van der Waals surface area contributed by atoms with Gasteiger partial charge >= 0.3 is 5.97 Å². The van der Waals surface area contributed by atoms with Gasteiger partial charge in [-0.25, -0.2) is 4.79 Å². The van der Waals surface area contributed by atoms with Crippen molar-refractivity contribution in [1.82, 2.24) is 4.98 Å². The molecular weight excluding hydrogens is 304 g/mol. The summed E-state index contributed by atoms with van der Waals surface area (Å²) in [6, 6.07) is 15.0. The Bertz CT molecular complexity index is 946. The summed E-state index contributed by atoms with van der Waals surface area (Å²) in [7, 11) is 1.26. The monoisotopic (exact) mass is 322 g/mol. The van der Waals surface area contributed by atoms with Crippen LogP contribution in [0.1, 0.15) is 21.6 Å². The Morgan fingerprint density at radius 3 is 2.50 bits per heavy atom. The van der Waals surface area contributed by atoms with Crippen LogP contribution in [-0.4, -0.2) is 18.1 Å². The minimum absolute atomic E-state index is 0.0961. The summed E-state index contributed by atoms with van der Waals surface area (Å²) in [4.78, 5) is 26.8. The summed E-state index contributed by atoms with van der Waals surface area (Å²) < 4.78 is 4.64. The molecule has 24 heavy (non-hydrogen) atoms. The zero-order valence-electron chi connectivity index (χ0n) is 13.3. The van der Waals surface area contributed by atoms with E-state index in [9.17, 15) is 9.59 Å². The molecule has 0 unspecified atom stereocenters. The molecule has 0 fully saturated rings. The summed E-state index contributed by atoms with van der Waals surface area (Å²) in [6.45, 7) is 0. The van der Waals surface area contributed by atoms with Crippen molar-refractivity contribution in [2.45, 2.75) is 12.8 Å². The summed E-state index contributed by atoms with van der Waals surface area (Å²) >= 11 is 0. The first-order valence-electron chi connectivity index (χ1n) is 7.66. The fourth-order valence-electron chi connectivity index (χ4n) is 2.74. The molecule has 3 rings (SSSR count). The predicted octanol–water partition coefficient (Wildman–Crippen LogP) is 2.68. The quantitative estimate of drug-likeness (QED) is 0.571. The van der Waals surface area contributed by atoms with E-state index in [-0.39, 0.29) is 11.1 Å². The van der Waals surface area contributed by atoms with Gasteiger partial charge in [0.05, 0.1) is 18.3 Å². The molecule has 1 heterocycles. The molecule has 122 valence electrons. The molecule has 0 aliphatic carbocycles. The predicted molar refractivity (Wildman–Crippen MR) is 94.2 cm³/mol. The van der Waals surface area contributed by atoms with Crippen LogP contribution < -0.4 is 11.2 Å². The van der Waals surface area contributed by atoms with E-state index < -0.39 is 5.97 Å². The van der Waals surface area contributed by atoms with E-state index in [1.807, 2.05) is 30.3 Å². The van der Waals surface area contributed by atoms with Gasteiger partial charge in [0, 0.05) is 11.5 Å². The Kier molecular flexibility index (Phi) is 4.33. The van der Waals surface area contributed by atoms with Crippen LogP contribution in [0.25, 0.3) is 10.9 Å². The number of ether oxygens (including phenoxy) is 1. The van der Waals surface area contributed by atoms with Gasteiger partial charge < -0.3 is 15.5 Å². The van der Waals surface area contributed by atoms with E-state index in [1.165, 1.54) is 18.7 Å². The van der Waals surface area contributed by atoms with Crippen LogP contribution in [0.5, 0.6) is 0 Å². The molecule has 0 aliphatic rings. The van der Waals surface area contributed by atoms with Crippen LogP contribution in [0.15, 0.2) is 53.3 Å². The molecule has 5 heteroatoms. The summed E-state index contributed by atoms with van der Waals surface area (Å²) in [6.07, 6.45) is 1.65. The van der Waals surface area contributed by atoms with Crippen molar-refractivity contribution in [3.8, 4) is 0 Å². The maximum absolute atomic E-state index is 12.3. The van der Waals surface area contributed by atoms with Crippen LogP contribution >= 0.6 is 0 Å². The number of benzene rings is 2. The van der Waals surface area contributed by atoms with Crippen molar-refractivity contribution in [3.05, 3.63) is 75.6 Å². The lowest BCUT2D eigenvalue weighted by Crippen LogP contribution is -2.12. The summed E-state index contributed by atoms with van der Waals surface area (Å²) in [5.41, 5.74) is 9.05. The van der Waals surface area contributed by atoms with Gasteiger partial charge in [-0.1, -0.05) is 30.3 Å². The fraction of sp³-hybridized carbons (Fsp3) is 0.158. The largest absolute Gasteiger partial charge is 0.464 e. The first-order valence-corrected chi connectivity index (χ1v) is 7.66. The molecule has 0 bridgehead atoms. The lowest BCUT2D eigenvalue weighted by Gasteiger charge is -2.09. The molecule has 5 nitrogen and oxygen atoms in total. The number of nitrogens with one attached hydrogen (secondary N) is 1. The molecule has 0 saturated heterocycles. The first-order chi connectivity index (χ1) is 11.6. The highest BCUT2D eigenvalue weighted by Crippen LogP contribution is 2.21. The molecule has 0 amide bonds. The second kappa shape index (κ2) is 6.58. The number of methoxy groups -OCH3 is 1. The number of H-pyrrole nitrogens is 1. The number of hydrogen-bond acceptors (Lipinski definition) is 4. The van der Waals surface area contributed by atoms with Crippen molar-refractivity contribution in [3.63, 3.8) is 0 Å². The molecule has 3 N–H and O–H groups in total. The minimum atomic E-state index is -0.596. The van der Waals surface area contributed by atoms with Crippen LogP contribution in [0.3, 0.4) is 0 Å². The number of hydrogen-bond donors (Lipinski definition) is 2. The number of nitrogen functional groups attached to an aromatic ring is 1. The molecule has 0 aliphatic heterocycles. The highest BCUT2D eigenvalue weighted by atomic mass is 16.5. The Morgan fingerprint density at radius 1 is 1.08 bits per heavy atom. The number of fused-ring (bicyclic) bond motifs is 1. The highest BCUT2D eigenvalue weighted by molar-refractivity contribution is 5.95. The standard InChI is InChI=1S/C19H18N2O3/c1-24-19(23)16-11-17(22)14-9-13(10-15(20)18(14)21-16)8-7-12-5-3-2-4-6-12/h2-6,9-11H,7-8,20H2,1H3,(H,21,22). The number of rotatable bonds is 4. The van der Waals surface area contributed by atoms with Crippen LogP contribution in [0.2, 0.25) is 0 Å². The van der Waals surface area contributed by atoms with Gasteiger partial charge in [0.25, 0.3) is 0 Å². The first kappa shape index (κ1) is 15.8. The maximum atomic E-state index is 12.3. The normalized spacial score (nSPS) is 10.7. The number of aryl methyl sites for hydroxylation is 2. The minimum Gasteiger partial charge on any atom is -0.464 e. The van der Waals surface area contributed by atoms with Crippen molar-refractivity contribution < 1.29 is 9.53 Å². The number of esters is 1. The highest BCUT2D eigenvalue weighted by Gasteiger charge is 2.12. The number of pyridine rings is 1. The molecule has 0 saturated carbocycles. The summed E-state index contributed by atoms with van der Waals surface area (Å²) in [5.74, 6) is -0.596. The van der Waals surface area contributed by atoms with E-state index in [2.05, 4.69) is 21.9 Å². The van der Waals surface area contributed by atoms with Gasteiger partial charge in [0.1, 0.15) is 5.69 Å². The topological polar surface area (TPSA) is 85.2 Å². The smallest absolute Gasteiger partial charge is 0.354 e. The Morgan fingerprint density at radius 2 is 1.79 bits per heavy atom. The number of anilines is 1. The number of nitrogens with two attached hydrogens (primary N) is 1. The van der Waals surface area contributed by atoms with Crippen molar-refractivity contribution >= 4 is 22.6 Å². The second-order valence-electron chi connectivity index (χ2n) is 5.63. The molecule has 2 aromatic carbocycles. The number of carbonyl (C=O) groups is 1. The third kappa shape index (κ3) is 3.15. The van der Waals surface area contributed by atoms with E-state index in [1.54, 1.807) is 0 Å². The molecule has 0 atom stereocenters. The fourth-order valence-corrected chi connectivity index (χ4v) is 2.74. The van der Waals surface area contributed by atoms with Crippen LogP contribution in [-0.2, 0) is 17.6 Å². The third-order valence-electron chi connectivity index (χ3n) is 3.98. The zero-order valence-corrected chi connectivity index (χ0v) is 13.3. The number of aromatic amines is 1. The van der Waals surface area contributed by atoms with Crippen molar-refractivity contribution in [2.75, 3.05) is 12.8 Å². The number of aromatic nitrogens is 1. The number of carbonyl (C=O) groups excluding carboxylic acids is 1. The molecule has 0 radical (unpaired) electrons. The second-order valence-corrected chi connectivity index (χ2v) is 5.63. The maximum Gasteiger partial charge on any atom is 0.354 e. The summed E-state index contributed by atoms with van der Waals surface area (Å²) in [5, 5.41) is 0.478. The Hall–Kier alpha value is -3.08. The van der Waals surface area contributed by atoms with Crippen molar-refractivity contribution in [2.24, 2.45) is 0 Å². The van der Waals surface area contributed by atoms with Gasteiger partial charge in [-0.3, -0.25) is 4.79 Å². The zero-order chi connectivity index (χ0) is 17.1. The van der Waals surface area contributed by atoms with E-state index >= 15 is 0 Å². The van der Waals surface area contributed by atoms with E-state index in [4.69, 9.17) is 5.73 Å². The SMILES string of the molecule is COC(=O)c1cc(=O)c2cc(CCc3ccccc3)cc(N)c2[nH]1. The van der Waals surface area contributed by atoms with Gasteiger partial charge in [0.15, 0.2) is 5.43 Å². The van der Waals surface area contributed by atoms with Gasteiger partial charge in [-0.05, 0) is 36.1 Å². The van der Waals surface area contributed by atoms with Gasteiger partial charge in [0.2, 0.25) is 0 Å². The van der Waals surface area contributed by atoms with E-state index in [0.29, 0.717) is 16.6 Å². The van der Waals surface area contributed by atoms with Crippen LogP contribution in [0.4, 0.5) is 5.69 Å². The van der Waals surface area contributed by atoms with E-state index in [0.717, 1.165) is 18.4 Å². The average molecular weight is 322 g/mol. The molecule has 1 aromatic heterocycles. The Balaban J connectivity index is 1.96.